The van der Waals surface area contributed by atoms with Crippen LogP contribution in [-0.4, -0.2) is 37.5 Å². The van der Waals surface area contributed by atoms with E-state index in [9.17, 15) is 4.79 Å². The van der Waals surface area contributed by atoms with E-state index in [1.165, 1.54) is 4.88 Å². The number of benzene rings is 1. The van der Waals surface area contributed by atoms with Gasteiger partial charge in [0.25, 0.3) is 5.91 Å². The standard InChI is InChI=1S/C19H22BrNO3S2/c20-18-8-7-15(26-18)13-25-11-9-21-19(22)16-5-1-2-6-17(16)24-12-14-4-3-10-23-14/h1-2,5-8,14H,3-4,9-13H2,(H,21,22). The number of thiophene rings is 1. The maximum absolute atomic E-state index is 12.5. The molecule has 1 aromatic heterocycles. The highest BCUT2D eigenvalue weighted by Crippen LogP contribution is 2.25. The lowest BCUT2D eigenvalue weighted by Crippen LogP contribution is -2.26. The predicted molar refractivity (Wildman–Crippen MR) is 111 cm³/mol. The van der Waals surface area contributed by atoms with Crippen LogP contribution in [0, 0.1) is 0 Å². The molecule has 1 N–H and O–H groups in total. The van der Waals surface area contributed by atoms with Crippen LogP contribution in [0.4, 0.5) is 0 Å². The number of para-hydroxylation sites is 1. The topological polar surface area (TPSA) is 47.6 Å². The Morgan fingerprint density at radius 2 is 2.23 bits per heavy atom. The molecule has 26 heavy (non-hydrogen) atoms. The lowest BCUT2D eigenvalue weighted by molar-refractivity contribution is 0.0671. The van der Waals surface area contributed by atoms with E-state index in [-0.39, 0.29) is 12.0 Å². The number of thioether (sulfide) groups is 1. The number of rotatable bonds is 9. The highest BCUT2D eigenvalue weighted by molar-refractivity contribution is 9.11. The highest BCUT2D eigenvalue weighted by Gasteiger charge is 2.18. The minimum absolute atomic E-state index is 0.0904. The fourth-order valence-electron chi connectivity index (χ4n) is 2.67. The minimum Gasteiger partial charge on any atom is -0.490 e. The van der Waals surface area contributed by atoms with Crippen LogP contribution in [0.3, 0.4) is 0 Å². The minimum atomic E-state index is -0.0904. The van der Waals surface area contributed by atoms with Crippen molar-refractivity contribution in [3.8, 4) is 5.75 Å². The molecule has 3 rings (SSSR count). The summed E-state index contributed by atoms with van der Waals surface area (Å²) in [5.41, 5.74) is 0.581. The van der Waals surface area contributed by atoms with Crippen LogP contribution in [0.1, 0.15) is 28.1 Å². The quantitative estimate of drug-likeness (QED) is 0.555. The Labute approximate surface area is 170 Å². The first kappa shape index (κ1) is 19.7. The molecule has 140 valence electrons. The average molecular weight is 456 g/mol. The van der Waals surface area contributed by atoms with E-state index < -0.39 is 0 Å². The van der Waals surface area contributed by atoms with Gasteiger partial charge in [-0.05, 0) is 53.0 Å². The Morgan fingerprint density at radius 3 is 3.00 bits per heavy atom. The molecule has 1 aliphatic rings. The van der Waals surface area contributed by atoms with Crippen molar-refractivity contribution in [2.75, 3.05) is 25.5 Å². The number of carbonyl (C=O) groups is 1. The Morgan fingerprint density at radius 1 is 1.35 bits per heavy atom. The third-order valence-electron chi connectivity index (χ3n) is 3.99. The Balaban J connectivity index is 1.42. The number of carbonyl (C=O) groups excluding carboxylic acids is 1. The number of nitrogens with one attached hydrogen (secondary N) is 1. The van der Waals surface area contributed by atoms with Crippen molar-refractivity contribution < 1.29 is 14.3 Å². The molecule has 1 aromatic carbocycles. The van der Waals surface area contributed by atoms with Gasteiger partial charge in [-0.25, -0.2) is 0 Å². The van der Waals surface area contributed by atoms with Crippen LogP contribution < -0.4 is 10.1 Å². The molecule has 0 aliphatic carbocycles. The SMILES string of the molecule is O=C(NCCSCc1ccc(Br)s1)c1ccccc1OCC1CCCO1. The van der Waals surface area contributed by atoms with E-state index in [0.717, 1.165) is 34.7 Å². The third-order valence-corrected chi connectivity index (χ3v) is 6.80. The molecule has 1 amide bonds. The lowest BCUT2D eigenvalue weighted by atomic mass is 10.2. The van der Waals surface area contributed by atoms with Crippen molar-refractivity contribution in [1.29, 1.82) is 0 Å². The number of hydrogen-bond donors (Lipinski definition) is 1. The van der Waals surface area contributed by atoms with Gasteiger partial charge in [0, 0.05) is 29.5 Å². The molecule has 1 unspecified atom stereocenters. The molecular weight excluding hydrogens is 434 g/mol. The molecule has 7 heteroatoms. The summed E-state index contributed by atoms with van der Waals surface area (Å²) in [6, 6.07) is 11.6. The summed E-state index contributed by atoms with van der Waals surface area (Å²) in [6.07, 6.45) is 2.24. The zero-order chi connectivity index (χ0) is 18.2. The van der Waals surface area contributed by atoms with Gasteiger partial charge in [0.1, 0.15) is 12.4 Å². The van der Waals surface area contributed by atoms with Gasteiger partial charge in [-0.15, -0.1) is 11.3 Å². The van der Waals surface area contributed by atoms with Crippen molar-refractivity contribution >= 4 is 44.9 Å². The van der Waals surface area contributed by atoms with Gasteiger partial charge in [-0.1, -0.05) is 12.1 Å². The van der Waals surface area contributed by atoms with Crippen LogP contribution in [0.25, 0.3) is 0 Å². The lowest BCUT2D eigenvalue weighted by Gasteiger charge is -2.14. The van der Waals surface area contributed by atoms with E-state index in [4.69, 9.17) is 9.47 Å². The van der Waals surface area contributed by atoms with Crippen LogP contribution in [-0.2, 0) is 10.5 Å². The van der Waals surface area contributed by atoms with Crippen LogP contribution in [0.15, 0.2) is 40.2 Å². The van der Waals surface area contributed by atoms with Gasteiger partial charge < -0.3 is 14.8 Å². The maximum Gasteiger partial charge on any atom is 0.255 e. The van der Waals surface area contributed by atoms with Crippen molar-refractivity contribution in [2.45, 2.75) is 24.7 Å². The first-order valence-electron chi connectivity index (χ1n) is 8.66. The number of halogens is 1. The second kappa shape index (κ2) is 10.3. The van der Waals surface area contributed by atoms with E-state index >= 15 is 0 Å². The van der Waals surface area contributed by atoms with E-state index in [0.29, 0.717) is 24.5 Å². The van der Waals surface area contributed by atoms with Gasteiger partial charge in [-0.3, -0.25) is 4.79 Å². The van der Waals surface area contributed by atoms with Gasteiger partial charge in [0.2, 0.25) is 0 Å². The summed E-state index contributed by atoms with van der Waals surface area (Å²) < 4.78 is 12.6. The molecule has 0 bridgehead atoms. The summed E-state index contributed by atoms with van der Waals surface area (Å²) >= 11 is 7.04. The second-order valence-electron chi connectivity index (χ2n) is 5.96. The Kier molecular flexibility index (Phi) is 7.85. The Hall–Kier alpha value is -1.02. The number of hydrogen-bond acceptors (Lipinski definition) is 5. The Bertz CT molecular complexity index is 716. The third kappa shape index (κ3) is 6.01. The van der Waals surface area contributed by atoms with Gasteiger partial charge in [0.05, 0.1) is 15.5 Å². The van der Waals surface area contributed by atoms with Crippen molar-refractivity contribution in [2.24, 2.45) is 0 Å². The van der Waals surface area contributed by atoms with Crippen LogP contribution >= 0.6 is 39.0 Å². The van der Waals surface area contributed by atoms with Crippen molar-refractivity contribution in [3.63, 3.8) is 0 Å². The van der Waals surface area contributed by atoms with Gasteiger partial charge in [-0.2, -0.15) is 11.8 Å². The zero-order valence-electron chi connectivity index (χ0n) is 14.4. The molecular formula is C19H22BrNO3S2. The van der Waals surface area contributed by atoms with E-state index in [1.54, 1.807) is 17.4 Å². The first-order chi connectivity index (χ1) is 12.7. The fourth-order valence-corrected chi connectivity index (χ4v) is 5.13. The molecule has 0 saturated carbocycles. The van der Waals surface area contributed by atoms with Crippen LogP contribution in [0.5, 0.6) is 5.75 Å². The van der Waals surface area contributed by atoms with Crippen molar-refractivity contribution in [1.82, 2.24) is 5.32 Å². The molecule has 0 radical (unpaired) electrons. The van der Waals surface area contributed by atoms with E-state index in [2.05, 4.69) is 33.4 Å². The predicted octanol–water partition coefficient (Wildman–Crippen LogP) is 4.73. The van der Waals surface area contributed by atoms with Crippen molar-refractivity contribution in [3.05, 3.63) is 50.6 Å². The molecule has 1 aliphatic heterocycles. The summed E-state index contributed by atoms with van der Waals surface area (Å²) in [5, 5.41) is 2.98. The normalized spacial score (nSPS) is 16.6. The molecule has 1 saturated heterocycles. The smallest absolute Gasteiger partial charge is 0.255 e. The first-order valence-corrected chi connectivity index (χ1v) is 11.4. The molecule has 1 atom stereocenters. The number of ether oxygens (including phenoxy) is 2. The molecule has 0 spiro atoms. The van der Waals surface area contributed by atoms with E-state index in [1.807, 2.05) is 30.0 Å². The van der Waals surface area contributed by atoms with Crippen LogP contribution in [0.2, 0.25) is 0 Å². The van der Waals surface area contributed by atoms with Gasteiger partial charge in [0.15, 0.2) is 0 Å². The highest BCUT2D eigenvalue weighted by atomic mass is 79.9. The average Bonchev–Trinajstić information content (AvgIpc) is 3.31. The molecule has 2 heterocycles. The largest absolute Gasteiger partial charge is 0.490 e. The fraction of sp³-hybridized carbons (Fsp3) is 0.421. The number of amides is 1. The zero-order valence-corrected chi connectivity index (χ0v) is 17.6. The van der Waals surface area contributed by atoms with Gasteiger partial charge >= 0.3 is 0 Å². The molecule has 4 nitrogen and oxygen atoms in total. The maximum atomic E-state index is 12.5. The molecule has 2 aromatic rings. The monoisotopic (exact) mass is 455 g/mol. The summed E-state index contributed by atoms with van der Waals surface area (Å²) in [4.78, 5) is 13.8. The summed E-state index contributed by atoms with van der Waals surface area (Å²) in [5.74, 6) is 2.37. The summed E-state index contributed by atoms with van der Waals surface area (Å²) in [6.45, 7) is 1.93. The summed E-state index contributed by atoms with van der Waals surface area (Å²) in [7, 11) is 0. The second-order valence-corrected chi connectivity index (χ2v) is 9.61. The molecule has 1 fully saturated rings.